The van der Waals surface area contributed by atoms with Crippen molar-refractivity contribution in [3.63, 3.8) is 0 Å². The molecule has 0 aromatic carbocycles. The predicted molar refractivity (Wildman–Crippen MR) is 86.8 cm³/mol. The zero-order chi connectivity index (χ0) is 14.9. The molecule has 4 rings (SSSR count). The van der Waals surface area contributed by atoms with E-state index in [4.69, 9.17) is 0 Å². The van der Waals surface area contributed by atoms with Gasteiger partial charge in [0.15, 0.2) is 0 Å². The van der Waals surface area contributed by atoms with Crippen molar-refractivity contribution in [1.29, 1.82) is 0 Å². The van der Waals surface area contributed by atoms with Crippen LogP contribution in [0.2, 0.25) is 0 Å². The van der Waals surface area contributed by atoms with E-state index in [9.17, 15) is 4.79 Å². The Balaban J connectivity index is 1.44. The first-order valence-electron chi connectivity index (χ1n) is 8.15. The first-order chi connectivity index (χ1) is 10.8. The fraction of sp³-hybridized carbons (Fsp3) is 0.529. The number of thiophene rings is 1. The lowest BCUT2D eigenvalue weighted by Crippen LogP contribution is -2.36. The Kier molecular flexibility index (Phi) is 3.74. The molecule has 1 amide bonds. The zero-order valence-corrected chi connectivity index (χ0v) is 13.5. The monoisotopic (exact) mass is 315 g/mol. The molecule has 2 aromatic heterocycles. The maximum absolute atomic E-state index is 12.4. The molecule has 2 aliphatic rings. The lowest BCUT2D eigenvalue weighted by molar-refractivity contribution is -0.132. The summed E-state index contributed by atoms with van der Waals surface area (Å²) < 4.78 is 0. The van der Waals surface area contributed by atoms with Crippen LogP contribution in [0.5, 0.6) is 0 Å². The summed E-state index contributed by atoms with van der Waals surface area (Å²) in [4.78, 5) is 15.7. The van der Waals surface area contributed by atoms with Gasteiger partial charge in [0.05, 0.1) is 5.69 Å². The summed E-state index contributed by atoms with van der Waals surface area (Å²) in [5.74, 6) is 1.15. The molecule has 0 bridgehead atoms. The van der Waals surface area contributed by atoms with E-state index in [1.54, 1.807) is 11.3 Å². The van der Waals surface area contributed by atoms with Crippen LogP contribution < -0.4 is 0 Å². The molecule has 5 heteroatoms. The molecule has 22 heavy (non-hydrogen) atoms. The third-order valence-corrected chi connectivity index (χ3v) is 5.63. The van der Waals surface area contributed by atoms with Gasteiger partial charge in [0.25, 0.3) is 0 Å². The smallest absolute Gasteiger partial charge is 0.222 e. The molecule has 0 unspecified atom stereocenters. The Hall–Kier alpha value is -1.62. The molecule has 0 spiro atoms. The second-order valence-corrected chi connectivity index (χ2v) is 7.46. The minimum Gasteiger partial charge on any atom is -0.338 e. The molecular weight excluding hydrogens is 294 g/mol. The van der Waals surface area contributed by atoms with E-state index >= 15 is 0 Å². The number of carbonyl (C=O) groups excluding carboxylic acids is 1. The largest absolute Gasteiger partial charge is 0.338 e. The summed E-state index contributed by atoms with van der Waals surface area (Å²) in [5.41, 5.74) is 3.58. The lowest BCUT2D eigenvalue weighted by Gasteiger charge is -2.27. The van der Waals surface area contributed by atoms with Gasteiger partial charge in [-0.25, -0.2) is 0 Å². The third-order valence-electron chi connectivity index (χ3n) is 4.76. The van der Waals surface area contributed by atoms with Gasteiger partial charge in [-0.05, 0) is 23.8 Å². The van der Waals surface area contributed by atoms with Crippen molar-refractivity contribution in [3.8, 4) is 0 Å². The number of H-pyrrole nitrogens is 1. The molecular formula is C17H21N3OS. The van der Waals surface area contributed by atoms with Crippen molar-refractivity contribution in [3.05, 3.63) is 39.3 Å². The summed E-state index contributed by atoms with van der Waals surface area (Å²) in [6, 6.07) is 4.22. The fourth-order valence-electron chi connectivity index (χ4n) is 3.18. The second-order valence-electron chi connectivity index (χ2n) is 6.43. The Bertz CT molecular complexity index is 658. The van der Waals surface area contributed by atoms with E-state index in [-0.39, 0.29) is 0 Å². The van der Waals surface area contributed by atoms with Gasteiger partial charge in [-0.1, -0.05) is 18.9 Å². The van der Waals surface area contributed by atoms with Crippen molar-refractivity contribution in [2.75, 3.05) is 6.54 Å². The second kappa shape index (κ2) is 5.88. The van der Waals surface area contributed by atoms with Gasteiger partial charge in [-0.2, -0.15) is 5.10 Å². The van der Waals surface area contributed by atoms with Crippen LogP contribution >= 0.6 is 11.3 Å². The Morgan fingerprint density at radius 3 is 3.14 bits per heavy atom. The molecule has 2 aromatic rings. The minimum atomic E-state index is 0.320. The van der Waals surface area contributed by atoms with E-state index in [1.165, 1.54) is 29.0 Å². The van der Waals surface area contributed by atoms with Crippen molar-refractivity contribution < 1.29 is 4.79 Å². The van der Waals surface area contributed by atoms with E-state index in [1.807, 2.05) is 4.90 Å². The van der Waals surface area contributed by atoms with Gasteiger partial charge in [0, 0.05) is 48.5 Å². The molecule has 1 aliphatic carbocycles. The number of amides is 1. The molecule has 0 atom stereocenters. The van der Waals surface area contributed by atoms with Gasteiger partial charge in [0.1, 0.15) is 0 Å². The number of nitrogens with zero attached hydrogens (tertiary/aromatic N) is 2. The van der Waals surface area contributed by atoms with Gasteiger partial charge >= 0.3 is 0 Å². The average Bonchev–Trinajstić information content (AvgIpc) is 3.07. The van der Waals surface area contributed by atoms with Crippen LogP contribution in [0.15, 0.2) is 17.5 Å². The standard InChI is InChI=1S/C17H21N3OS/c21-17(6-5-12-3-4-12)20-8-7-15-14(11-20)16(19-18-15)10-13-2-1-9-22-13/h1-2,9,12H,3-8,10-11H2,(H,18,19). The highest BCUT2D eigenvalue weighted by atomic mass is 32.1. The van der Waals surface area contributed by atoms with Crippen molar-refractivity contribution in [2.24, 2.45) is 5.92 Å². The first-order valence-corrected chi connectivity index (χ1v) is 9.02. The first kappa shape index (κ1) is 14.0. The summed E-state index contributed by atoms with van der Waals surface area (Å²) in [5, 5.41) is 9.77. The predicted octanol–water partition coefficient (Wildman–Crippen LogP) is 3.14. The summed E-state index contributed by atoms with van der Waals surface area (Å²) in [7, 11) is 0. The quantitative estimate of drug-likeness (QED) is 0.921. The maximum atomic E-state index is 12.4. The van der Waals surface area contributed by atoms with Crippen LogP contribution in [0.25, 0.3) is 0 Å². The van der Waals surface area contributed by atoms with Gasteiger partial charge in [-0.3, -0.25) is 9.89 Å². The lowest BCUT2D eigenvalue weighted by atomic mass is 10.0. The van der Waals surface area contributed by atoms with Gasteiger partial charge in [0.2, 0.25) is 5.91 Å². The number of hydrogen-bond acceptors (Lipinski definition) is 3. The maximum Gasteiger partial charge on any atom is 0.222 e. The minimum absolute atomic E-state index is 0.320. The highest BCUT2D eigenvalue weighted by Crippen LogP contribution is 2.34. The topological polar surface area (TPSA) is 49.0 Å². The van der Waals surface area contributed by atoms with Gasteiger partial charge < -0.3 is 4.90 Å². The van der Waals surface area contributed by atoms with E-state index < -0.39 is 0 Å². The molecule has 4 nitrogen and oxygen atoms in total. The number of hydrogen-bond donors (Lipinski definition) is 1. The Morgan fingerprint density at radius 2 is 2.36 bits per heavy atom. The molecule has 1 aliphatic heterocycles. The highest BCUT2D eigenvalue weighted by molar-refractivity contribution is 7.09. The van der Waals surface area contributed by atoms with E-state index in [0.717, 1.165) is 50.4 Å². The van der Waals surface area contributed by atoms with E-state index in [2.05, 4.69) is 27.7 Å². The number of aromatic nitrogens is 2. The molecule has 0 radical (unpaired) electrons. The summed E-state index contributed by atoms with van der Waals surface area (Å²) in [6.07, 6.45) is 6.22. The normalized spacial score (nSPS) is 17.5. The van der Waals surface area contributed by atoms with Crippen LogP contribution in [-0.2, 0) is 24.2 Å². The van der Waals surface area contributed by atoms with Gasteiger partial charge in [-0.15, -0.1) is 11.3 Å². The Labute approximate surface area is 134 Å². The van der Waals surface area contributed by atoms with Crippen molar-refractivity contribution >= 4 is 17.2 Å². The van der Waals surface area contributed by atoms with E-state index in [0.29, 0.717) is 5.91 Å². The fourth-order valence-corrected chi connectivity index (χ4v) is 3.89. The van der Waals surface area contributed by atoms with Crippen molar-refractivity contribution in [2.45, 2.75) is 45.1 Å². The number of carbonyl (C=O) groups is 1. The molecule has 116 valence electrons. The molecule has 3 heterocycles. The molecule has 1 N–H and O–H groups in total. The van der Waals surface area contributed by atoms with Crippen LogP contribution in [0, 0.1) is 5.92 Å². The number of nitrogens with one attached hydrogen (secondary N) is 1. The highest BCUT2D eigenvalue weighted by Gasteiger charge is 2.27. The van der Waals surface area contributed by atoms with Crippen LogP contribution in [-0.4, -0.2) is 27.5 Å². The molecule has 1 saturated carbocycles. The Morgan fingerprint density at radius 1 is 1.45 bits per heavy atom. The number of rotatable bonds is 5. The summed E-state index contributed by atoms with van der Waals surface area (Å²) in [6.45, 7) is 1.56. The molecule has 1 fully saturated rings. The SMILES string of the molecule is O=C(CCC1CC1)N1CCc2[nH]nc(Cc3cccs3)c2C1. The number of fused-ring (bicyclic) bond motifs is 1. The van der Waals surface area contributed by atoms with Crippen LogP contribution in [0.1, 0.15) is 47.5 Å². The van der Waals surface area contributed by atoms with Crippen LogP contribution in [0.3, 0.4) is 0 Å². The van der Waals surface area contributed by atoms with Crippen LogP contribution in [0.4, 0.5) is 0 Å². The van der Waals surface area contributed by atoms with Crippen molar-refractivity contribution in [1.82, 2.24) is 15.1 Å². The summed E-state index contributed by atoms with van der Waals surface area (Å²) >= 11 is 1.76. The zero-order valence-electron chi connectivity index (χ0n) is 12.7. The third kappa shape index (κ3) is 2.95. The average molecular weight is 315 g/mol. The molecule has 0 saturated heterocycles. The number of aromatic amines is 1.